The van der Waals surface area contributed by atoms with E-state index in [9.17, 15) is 18.4 Å². The van der Waals surface area contributed by atoms with Crippen LogP contribution in [0.25, 0.3) is 0 Å². The Morgan fingerprint density at radius 3 is 2.88 bits per heavy atom. The molecule has 2 fully saturated rings. The summed E-state index contributed by atoms with van der Waals surface area (Å²) in [7, 11) is 0. The molecule has 9 heteroatoms. The van der Waals surface area contributed by atoms with Crippen molar-refractivity contribution in [3.63, 3.8) is 0 Å². The van der Waals surface area contributed by atoms with E-state index < -0.39 is 29.4 Å². The molecule has 0 saturated carbocycles. The normalized spacial score (nSPS) is 22.2. The Bertz CT molecular complexity index is 681. The quantitative estimate of drug-likeness (QED) is 0.733. The highest BCUT2D eigenvalue weighted by Gasteiger charge is 2.49. The number of nitrogens with one attached hydrogen (secondary N) is 2. The molecule has 0 bridgehead atoms. The highest BCUT2D eigenvalue weighted by atomic mass is 79.9. The average Bonchev–Trinajstić information content (AvgIpc) is 2.88. The van der Waals surface area contributed by atoms with E-state index in [0.29, 0.717) is 23.7 Å². The predicted octanol–water partition coefficient (Wildman–Crippen LogP) is 2.20. The van der Waals surface area contributed by atoms with Gasteiger partial charge >= 0.3 is 5.97 Å². The highest BCUT2D eigenvalue weighted by molar-refractivity contribution is 9.10. The van der Waals surface area contributed by atoms with Crippen molar-refractivity contribution in [1.29, 1.82) is 0 Å². The summed E-state index contributed by atoms with van der Waals surface area (Å²) in [6.45, 7) is 1.60. The van der Waals surface area contributed by atoms with Crippen LogP contribution in [0.1, 0.15) is 41.7 Å². The van der Waals surface area contributed by atoms with Crippen LogP contribution in [0.3, 0.4) is 0 Å². The van der Waals surface area contributed by atoms with Crippen molar-refractivity contribution < 1.29 is 23.1 Å². The topological polar surface area (TPSA) is 80.3 Å². The van der Waals surface area contributed by atoms with Gasteiger partial charge in [0.05, 0.1) is 17.5 Å². The molecule has 1 unspecified atom stereocenters. The van der Waals surface area contributed by atoms with Crippen LogP contribution in [0.4, 0.5) is 8.78 Å². The number of piperidine rings is 1. The fourth-order valence-electron chi connectivity index (χ4n) is 3.37. The minimum Gasteiger partial charge on any atom is -0.460 e. The molecule has 1 atom stereocenters. The van der Waals surface area contributed by atoms with Crippen molar-refractivity contribution >= 4 is 27.8 Å². The third-order valence-corrected chi connectivity index (χ3v) is 5.14. The van der Waals surface area contributed by atoms with E-state index in [1.807, 2.05) is 0 Å². The highest BCUT2D eigenvalue weighted by Crippen LogP contribution is 2.41. The average molecular weight is 418 g/mol. The first-order valence-corrected chi connectivity index (χ1v) is 8.84. The Morgan fingerprint density at radius 1 is 1.48 bits per heavy atom. The summed E-state index contributed by atoms with van der Waals surface area (Å²) in [5.74, 6) is -0.937. The molecular weight excluding hydrogens is 400 g/mol. The largest absolute Gasteiger partial charge is 0.460 e. The Kier molecular flexibility index (Phi) is 5.33. The maximum Gasteiger partial charge on any atom is 0.312 e. The number of halogens is 3. The number of pyridine rings is 1. The van der Waals surface area contributed by atoms with Gasteiger partial charge in [0.2, 0.25) is 0 Å². The predicted molar refractivity (Wildman–Crippen MR) is 88.3 cm³/mol. The van der Waals surface area contributed by atoms with Gasteiger partial charge in [-0.25, -0.2) is 13.8 Å². The number of aromatic nitrogens is 1. The first kappa shape index (κ1) is 18.2. The van der Waals surface area contributed by atoms with Gasteiger partial charge < -0.3 is 15.4 Å². The Hall–Kier alpha value is -1.61. The van der Waals surface area contributed by atoms with Crippen molar-refractivity contribution in [2.75, 3.05) is 19.6 Å². The van der Waals surface area contributed by atoms with E-state index in [1.165, 1.54) is 12.3 Å². The molecule has 1 aromatic rings. The number of nitrogens with zero attached hydrogens (tertiary/aromatic N) is 1. The lowest BCUT2D eigenvalue weighted by atomic mass is 9.76. The zero-order chi connectivity index (χ0) is 18.0. The molecule has 136 valence electrons. The van der Waals surface area contributed by atoms with E-state index in [1.54, 1.807) is 0 Å². The number of esters is 1. The molecule has 0 aliphatic carbocycles. The smallest absolute Gasteiger partial charge is 0.312 e. The van der Waals surface area contributed by atoms with Gasteiger partial charge in [0.1, 0.15) is 11.8 Å². The second-order valence-corrected chi connectivity index (χ2v) is 7.28. The summed E-state index contributed by atoms with van der Waals surface area (Å²) < 4.78 is 31.9. The first-order valence-electron chi connectivity index (χ1n) is 8.05. The van der Waals surface area contributed by atoms with Crippen LogP contribution < -0.4 is 10.6 Å². The summed E-state index contributed by atoms with van der Waals surface area (Å²) in [6, 6.07) is 1.17. The molecule has 6 nitrogen and oxygen atoms in total. The lowest BCUT2D eigenvalue weighted by Crippen LogP contribution is -2.40. The Labute approximate surface area is 151 Å². The van der Waals surface area contributed by atoms with Crippen molar-refractivity contribution in [3.05, 3.63) is 28.0 Å². The lowest BCUT2D eigenvalue weighted by molar-refractivity contribution is -0.149. The zero-order valence-corrected chi connectivity index (χ0v) is 14.9. The molecule has 0 aromatic carbocycles. The van der Waals surface area contributed by atoms with E-state index in [2.05, 4.69) is 31.5 Å². The fourth-order valence-corrected chi connectivity index (χ4v) is 3.71. The molecule has 1 aromatic heterocycles. The first-order chi connectivity index (χ1) is 11.9. The fraction of sp³-hybridized carbons (Fsp3) is 0.562. The number of hydrogen-bond donors (Lipinski definition) is 2. The van der Waals surface area contributed by atoms with Gasteiger partial charge in [-0.3, -0.25) is 9.59 Å². The number of rotatable bonds is 4. The number of amides is 1. The maximum atomic E-state index is 13.1. The number of ether oxygens (including phenoxy) is 1. The molecule has 1 amide bonds. The maximum absolute atomic E-state index is 13.1. The molecule has 1 spiro atoms. The van der Waals surface area contributed by atoms with Gasteiger partial charge in [0, 0.05) is 17.1 Å². The molecule has 3 rings (SSSR count). The van der Waals surface area contributed by atoms with Gasteiger partial charge in [-0.15, -0.1) is 0 Å². The summed E-state index contributed by atoms with van der Waals surface area (Å²) in [6.07, 6.45) is -0.0165. The summed E-state index contributed by atoms with van der Waals surface area (Å²) in [4.78, 5) is 28.2. The minimum atomic E-state index is -2.81. The number of cyclic esters (lactones) is 1. The van der Waals surface area contributed by atoms with Crippen LogP contribution >= 0.6 is 15.9 Å². The van der Waals surface area contributed by atoms with Crippen LogP contribution in [-0.4, -0.2) is 42.6 Å². The van der Waals surface area contributed by atoms with Gasteiger partial charge in [0.15, 0.2) is 0 Å². The summed E-state index contributed by atoms with van der Waals surface area (Å²) >= 11 is 3.06. The van der Waals surface area contributed by atoms with E-state index in [4.69, 9.17) is 4.74 Å². The van der Waals surface area contributed by atoms with Crippen molar-refractivity contribution in [1.82, 2.24) is 15.6 Å². The van der Waals surface area contributed by atoms with Crippen LogP contribution in [0.15, 0.2) is 16.7 Å². The summed E-state index contributed by atoms with van der Waals surface area (Å²) in [5, 5.41) is 5.76. The van der Waals surface area contributed by atoms with Gasteiger partial charge in [-0.1, -0.05) is 0 Å². The number of carbonyl (C=O) groups is 2. The zero-order valence-electron chi connectivity index (χ0n) is 13.4. The van der Waals surface area contributed by atoms with Crippen LogP contribution in [0.5, 0.6) is 0 Å². The van der Waals surface area contributed by atoms with Crippen molar-refractivity contribution in [2.24, 2.45) is 5.41 Å². The Balaban J connectivity index is 1.63. The molecule has 2 aliphatic rings. The van der Waals surface area contributed by atoms with Gasteiger partial charge in [0.25, 0.3) is 12.3 Å². The van der Waals surface area contributed by atoms with E-state index in [-0.39, 0.29) is 18.2 Å². The van der Waals surface area contributed by atoms with E-state index in [0.717, 1.165) is 13.1 Å². The number of carbonyl (C=O) groups excluding carboxylic acids is 2. The molecule has 2 saturated heterocycles. The SMILES string of the molecule is O=C(NCC1CC2(CCNCC2)C(=O)O1)c1ncc(Br)cc1C(F)F. The van der Waals surface area contributed by atoms with Crippen LogP contribution in [0, 0.1) is 5.41 Å². The minimum absolute atomic E-state index is 0.0835. The number of hydrogen-bond acceptors (Lipinski definition) is 5. The summed E-state index contributed by atoms with van der Waals surface area (Å²) in [5.41, 5.74) is -1.24. The van der Waals surface area contributed by atoms with Gasteiger partial charge in [-0.2, -0.15) is 0 Å². The Morgan fingerprint density at radius 2 is 2.20 bits per heavy atom. The lowest BCUT2D eigenvalue weighted by Gasteiger charge is -2.29. The van der Waals surface area contributed by atoms with Crippen molar-refractivity contribution in [3.8, 4) is 0 Å². The molecule has 0 radical (unpaired) electrons. The molecule has 3 heterocycles. The molecule has 2 aliphatic heterocycles. The second kappa shape index (κ2) is 7.33. The molecular formula is C16H18BrF2N3O3. The van der Waals surface area contributed by atoms with Crippen LogP contribution in [-0.2, 0) is 9.53 Å². The third-order valence-electron chi connectivity index (χ3n) is 4.71. The van der Waals surface area contributed by atoms with E-state index >= 15 is 0 Å². The van der Waals surface area contributed by atoms with Gasteiger partial charge in [-0.05, 0) is 47.9 Å². The van der Waals surface area contributed by atoms with Crippen LogP contribution in [0.2, 0.25) is 0 Å². The molecule has 25 heavy (non-hydrogen) atoms. The monoisotopic (exact) mass is 417 g/mol. The number of alkyl halides is 2. The standard InChI is InChI=1S/C16H18BrF2N3O3/c17-9-5-11(13(18)19)12(21-7-9)14(23)22-8-10-6-16(15(24)25-10)1-3-20-4-2-16/h5,7,10,13,20H,1-4,6,8H2,(H,22,23). The molecule has 2 N–H and O–H groups in total. The third kappa shape index (κ3) is 3.82. The second-order valence-electron chi connectivity index (χ2n) is 6.36. The van der Waals surface area contributed by atoms with Crippen molar-refractivity contribution in [2.45, 2.75) is 31.8 Å².